The lowest BCUT2D eigenvalue weighted by Gasteiger charge is -2.20. The van der Waals surface area contributed by atoms with Crippen LogP contribution in [0.3, 0.4) is 0 Å². The number of halogens is 1. The third-order valence-corrected chi connectivity index (χ3v) is 5.69. The molecule has 31 heavy (non-hydrogen) atoms. The number of nitrogens with zero attached hydrogens (tertiary/aromatic N) is 2. The minimum atomic E-state index is -0.392. The molecule has 3 aromatic rings. The molecule has 1 amide bonds. The maximum Gasteiger partial charge on any atom is 0.221 e. The molecular weight excluding hydrogens is 413 g/mol. The second-order valence-electron chi connectivity index (χ2n) is 7.18. The van der Waals surface area contributed by atoms with Crippen LogP contribution in [0.2, 0.25) is 0 Å². The Hall–Kier alpha value is -2.93. The van der Waals surface area contributed by atoms with E-state index in [1.807, 2.05) is 44.4 Å². The third-order valence-electron chi connectivity index (χ3n) is 5.14. The van der Waals surface area contributed by atoms with Crippen LogP contribution in [0.25, 0.3) is 0 Å². The summed E-state index contributed by atoms with van der Waals surface area (Å²) in [5.41, 5.74) is 4.49. The Morgan fingerprint density at radius 2 is 1.58 bits per heavy atom. The van der Waals surface area contributed by atoms with Crippen molar-refractivity contribution in [2.45, 2.75) is 37.9 Å². The monoisotopic (exact) mass is 439 g/mol. The van der Waals surface area contributed by atoms with Gasteiger partial charge in [-0.2, -0.15) is 0 Å². The molecule has 0 fully saturated rings. The quantitative estimate of drug-likeness (QED) is 0.403. The molecule has 0 aliphatic heterocycles. The summed E-state index contributed by atoms with van der Waals surface area (Å²) in [4.78, 5) is 21.8. The molecule has 0 saturated carbocycles. The highest BCUT2D eigenvalue weighted by Crippen LogP contribution is 2.25. The number of amides is 1. The molecule has 162 valence electrons. The van der Waals surface area contributed by atoms with E-state index in [0.29, 0.717) is 12.8 Å². The van der Waals surface area contributed by atoms with Crippen molar-refractivity contribution in [2.24, 2.45) is 0 Å². The smallest absolute Gasteiger partial charge is 0.221 e. The van der Waals surface area contributed by atoms with Crippen molar-refractivity contribution in [3.8, 4) is 5.75 Å². The van der Waals surface area contributed by atoms with E-state index in [9.17, 15) is 9.18 Å². The Labute approximate surface area is 186 Å². The summed E-state index contributed by atoms with van der Waals surface area (Å²) in [6.45, 7) is 3.89. The lowest BCUT2D eigenvalue weighted by molar-refractivity contribution is -0.121. The van der Waals surface area contributed by atoms with E-state index in [0.717, 1.165) is 39.0 Å². The van der Waals surface area contributed by atoms with E-state index in [1.54, 1.807) is 19.2 Å². The normalized spacial score (nSPS) is 11.8. The molecule has 1 heterocycles. The van der Waals surface area contributed by atoms with E-state index in [2.05, 4.69) is 15.3 Å². The maximum absolute atomic E-state index is 13.4. The van der Waals surface area contributed by atoms with Crippen molar-refractivity contribution in [1.29, 1.82) is 0 Å². The summed E-state index contributed by atoms with van der Waals surface area (Å²) in [6.07, 6.45) is 2.80. The van der Waals surface area contributed by atoms with Crippen molar-refractivity contribution in [3.63, 3.8) is 0 Å². The zero-order chi connectivity index (χ0) is 22.4. The third kappa shape index (κ3) is 5.82. The SMILES string of the molecule is COc1ccc(C(NC(=O)CCc2c(C)nc(SC)nc2C)c2ccc(F)cc2)cc1. The number of hydrogen-bond acceptors (Lipinski definition) is 5. The Morgan fingerprint density at radius 3 is 2.10 bits per heavy atom. The molecule has 2 aromatic carbocycles. The van der Waals surface area contributed by atoms with E-state index < -0.39 is 6.04 Å². The first-order valence-electron chi connectivity index (χ1n) is 9.98. The summed E-state index contributed by atoms with van der Waals surface area (Å²) < 4.78 is 18.7. The Balaban J connectivity index is 1.77. The molecule has 7 heteroatoms. The van der Waals surface area contributed by atoms with Gasteiger partial charge in [0.2, 0.25) is 5.91 Å². The van der Waals surface area contributed by atoms with Crippen LogP contribution in [0, 0.1) is 19.7 Å². The van der Waals surface area contributed by atoms with Crippen LogP contribution in [0.4, 0.5) is 4.39 Å². The van der Waals surface area contributed by atoms with Crippen LogP contribution in [0.1, 0.15) is 40.5 Å². The number of carbonyl (C=O) groups excluding carboxylic acids is 1. The molecule has 0 radical (unpaired) electrons. The molecule has 1 unspecified atom stereocenters. The highest BCUT2D eigenvalue weighted by atomic mass is 32.2. The van der Waals surface area contributed by atoms with Crippen molar-refractivity contribution < 1.29 is 13.9 Å². The topological polar surface area (TPSA) is 64.1 Å². The largest absolute Gasteiger partial charge is 0.497 e. The van der Waals surface area contributed by atoms with Crippen LogP contribution in [-0.4, -0.2) is 29.2 Å². The van der Waals surface area contributed by atoms with Crippen LogP contribution in [0.5, 0.6) is 5.75 Å². The fourth-order valence-corrected chi connectivity index (χ4v) is 3.90. The Bertz CT molecular complexity index is 1020. The van der Waals surface area contributed by atoms with Crippen LogP contribution in [0.15, 0.2) is 53.7 Å². The van der Waals surface area contributed by atoms with Gasteiger partial charge in [0.05, 0.1) is 13.2 Å². The van der Waals surface area contributed by atoms with Gasteiger partial charge in [-0.25, -0.2) is 14.4 Å². The number of rotatable bonds is 8. The average Bonchev–Trinajstić information content (AvgIpc) is 2.77. The van der Waals surface area contributed by atoms with E-state index >= 15 is 0 Å². The Kier molecular flexibility index (Phi) is 7.63. The number of hydrogen-bond donors (Lipinski definition) is 1. The number of ether oxygens (including phenoxy) is 1. The second kappa shape index (κ2) is 10.4. The van der Waals surface area contributed by atoms with E-state index in [1.165, 1.54) is 23.9 Å². The zero-order valence-electron chi connectivity index (χ0n) is 18.1. The number of carbonyl (C=O) groups is 1. The van der Waals surface area contributed by atoms with Gasteiger partial charge in [-0.1, -0.05) is 36.0 Å². The van der Waals surface area contributed by atoms with Gasteiger partial charge in [-0.3, -0.25) is 4.79 Å². The predicted octanol–water partition coefficient (Wildman–Crippen LogP) is 4.80. The molecule has 0 spiro atoms. The van der Waals surface area contributed by atoms with E-state index in [4.69, 9.17) is 4.74 Å². The van der Waals surface area contributed by atoms with Crippen LogP contribution >= 0.6 is 11.8 Å². The molecule has 0 saturated heterocycles. The minimum absolute atomic E-state index is 0.0992. The van der Waals surface area contributed by atoms with Gasteiger partial charge >= 0.3 is 0 Å². The first-order chi connectivity index (χ1) is 14.9. The van der Waals surface area contributed by atoms with Gasteiger partial charge in [-0.05, 0) is 67.5 Å². The highest BCUT2D eigenvalue weighted by Gasteiger charge is 2.18. The summed E-state index contributed by atoms with van der Waals surface area (Å²) in [5.74, 6) is 0.314. The van der Waals surface area contributed by atoms with Gasteiger partial charge in [0.15, 0.2) is 5.16 Å². The standard InChI is InChI=1S/C24H26FN3O2S/c1-15-21(16(2)27-24(26-15)31-4)13-14-22(29)28-23(17-5-9-19(25)10-6-17)18-7-11-20(30-3)12-8-18/h5-12,23H,13-14H2,1-4H3,(H,28,29). The molecule has 1 N–H and O–H groups in total. The molecule has 3 rings (SSSR count). The molecule has 0 bridgehead atoms. The lowest BCUT2D eigenvalue weighted by Crippen LogP contribution is -2.29. The van der Waals surface area contributed by atoms with Gasteiger partial charge in [-0.15, -0.1) is 0 Å². The number of nitrogens with one attached hydrogen (secondary N) is 1. The lowest BCUT2D eigenvalue weighted by atomic mass is 9.98. The number of aryl methyl sites for hydroxylation is 2. The van der Waals surface area contributed by atoms with Gasteiger partial charge in [0.25, 0.3) is 0 Å². The molecule has 0 aliphatic carbocycles. The summed E-state index contributed by atoms with van der Waals surface area (Å²) in [5, 5.41) is 3.83. The number of thioether (sulfide) groups is 1. The molecule has 0 aliphatic rings. The number of methoxy groups -OCH3 is 1. The minimum Gasteiger partial charge on any atom is -0.497 e. The first-order valence-corrected chi connectivity index (χ1v) is 11.2. The van der Waals surface area contributed by atoms with Crippen molar-refractivity contribution in [3.05, 3.63) is 82.4 Å². The zero-order valence-corrected chi connectivity index (χ0v) is 18.9. The highest BCUT2D eigenvalue weighted by molar-refractivity contribution is 7.98. The van der Waals surface area contributed by atoms with Crippen molar-refractivity contribution >= 4 is 17.7 Å². The predicted molar refractivity (Wildman–Crippen MR) is 121 cm³/mol. The molecule has 1 atom stereocenters. The second-order valence-corrected chi connectivity index (χ2v) is 7.96. The fourth-order valence-electron chi connectivity index (χ4n) is 3.44. The van der Waals surface area contributed by atoms with Gasteiger partial charge < -0.3 is 10.1 Å². The van der Waals surface area contributed by atoms with Crippen molar-refractivity contribution in [1.82, 2.24) is 15.3 Å². The number of benzene rings is 2. The number of aromatic nitrogens is 2. The van der Waals surface area contributed by atoms with Crippen LogP contribution < -0.4 is 10.1 Å². The fraction of sp³-hybridized carbons (Fsp3) is 0.292. The maximum atomic E-state index is 13.4. The van der Waals surface area contributed by atoms with Crippen molar-refractivity contribution in [2.75, 3.05) is 13.4 Å². The van der Waals surface area contributed by atoms with E-state index in [-0.39, 0.29) is 11.7 Å². The van der Waals surface area contributed by atoms with Gasteiger partial charge in [0, 0.05) is 17.8 Å². The average molecular weight is 440 g/mol. The molecule has 1 aromatic heterocycles. The summed E-state index contributed by atoms with van der Waals surface area (Å²) >= 11 is 1.50. The van der Waals surface area contributed by atoms with Crippen LogP contribution in [-0.2, 0) is 11.2 Å². The molecule has 5 nitrogen and oxygen atoms in total. The van der Waals surface area contributed by atoms with Gasteiger partial charge in [0.1, 0.15) is 11.6 Å². The first kappa shape index (κ1) is 22.7. The summed E-state index contributed by atoms with van der Waals surface area (Å²) in [7, 11) is 1.60. The Morgan fingerprint density at radius 1 is 1.03 bits per heavy atom. The molecular formula is C24H26FN3O2S. The summed E-state index contributed by atoms with van der Waals surface area (Å²) in [6, 6.07) is 13.3.